The summed E-state index contributed by atoms with van der Waals surface area (Å²) in [6, 6.07) is 104. The fraction of sp³-hybridized carbons (Fsp3) is 0.0141. The van der Waals surface area contributed by atoms with Crippen LogP contribution in [0.25, 0.3) is 88.3 Å². The van der Waals surface area contributed by atoms with Crippen LogP contribution >= 0.6 is 0 Å². The molecule has 1 unspecified atom stereocenters. The van der Waals surface area contributed by atoms with E-state index >= 15 is 0 Å². The third-order valence-corrected chi connectivity index (χ3v) is 15.2. The molecule has 12 aromatic carbocycles. The highest BCUT2D eigenvalue weighted by molar-refractivity contribution is 6.10. The molecule has 0 radical (unpaired) electrons. The highest BCUT2D eigenvalue weighted by Crippen LogP contribution is 2.57. The molecule has 0 saturated heterocycles. The van der Waals surface area contributed by atoms with Crippen molar-refractivity contribution < 1.29 is 4.42 Å². The predicted molar refractivity (Wildman–Crippen MR) is 305 cm³/mol. The van der Waals surface area contributed by atoms with E-state index < -0.39 is 5.41 Å². The molecule has 1 atom stereocenters. The van der Waals surface area contributed by atoms with Crippen molar-refractivity contribution in [3.8, 4) is 55.6 Å². The van der Waals surface area contributed by atoms with E-state index in [1.54, 1.807) is 0 Å². The average molecular weight is 930 g/mol. The third kappa shape index (κ3) is 6.94. The van der Waals surface area contributed by atoms with Crippen LogP contribution < -0.4 is 4.90 Å². The van der Waals surface area contributed by atoms with Crippen LogP contribution in [0, 0.1) is 0 Å². The number of rotatable bonds is 9. The first kappa shape index (κ1) is 42.4. The first-order chi connectivity index (χ1) is 36.2. The molecule has 14 rings (SSSR count). The number of benzene rings is 12. The summed E-state index contributed by atoms with van der Waals surface area (Å²) >= 11 is 0. The van der Waals surface area contributed by atoms with Crippen molar-refractivity contribution in [1.29, 1.82) is 0 Å². The second-order valence-electron chi connectivity index (χ2n) is 19.1. The number of hydrogen-bond donors (Lipinski definition) is 0. The number of anilines is 3. The summed E-state index contributed by atoms with van der Waals surface area (Å²) in [5.41, 5.74) is 21.5. The van der Waals surface area contributed by atoms with Gasteiger partial charge in [0.25, 0.3) is 0 Å². The molecule has 0 fully saturated rings. The standard InChI is InChI=1S/C71H47NO/c1-4-17-48(18-5-1)50-33-40-56(41-34-50)72(57-42-35-51(36-43-57)49-19-6-2-7-20-49)68-46-44-58(60-23-10-11-25-62(60)68)53-37-45-67-65(47-53)61-24-12-14-29-66(61)71(67,54-21-8-3-9-22-54)55-38-31-52(32-39-55)59-27-16-28-64-63-26-13-15-30-69(63)73-70(59)64/h1-47H. The van der Waals surface area contributed by atoms with Crippen molar-refractivity contribution in [1.82, 2.24) is 0 Å². The van der Waals surface area contributed by atoms with E-state index in [-0.39, 0.29) is 0 Å². The van der Waals surface area contributed by atoms with Gasteiger partial charge in [-0.15, -0.1) is 0 Å². The van der Waals surface area contributed by atoms with Crippen LogP contribution in [0.2, 0.25) is 0 Å². The van der Waals surface area contributed by atoms with Crippen LogP contribution in [0.5, 0.6) is 0 Å². The van der Waals surface area contributed by atoms with Crippen LogP contribution in [0.4, 0.5) is 17.1 Å². The lowest BCUT2D eigenvalue weighted by atomic mass is 9.67. The lowest BCUT2D eigenvalue weighted by Gasteiger charge is -2.34. The van der Waals surface area contributed by atoms with E-state index in [1.807, 2.05) is 6.07 Å². The molecule has 13 aromatic rings. The van der Waals surface area contributed by atoms with Crippen LogP contribution in [0.3, 0.4) is 0 Å². The van der Waals surface area contributed by atoms with E-state index in [4.69, 9.17) is 4.42 Å². The Bertz CT molecular complexity index is 4080. The predicted octanol–water partition coefficient (Wildman–Crippen LogP) is 19.2. The number of nitrogens with zero attached hydrogens (tertiary/aromatic N) is 1. The topological polar surface area (TPSA) is 16.4 Å². The van der Waals surface area contributed by atoms with Crippen molar-refractivity contribution in [2.45, 2.75) is 5.41 Å². The molecule has 0 spiro atoms. The molecule has 0 amide bonds. The summed E-state index contributed by atoms with van der Waals surface area (Å²) in [7, 11) is 0. The van der Waals surface area contributed by atoms with Gasteiger partial charge in [0.1, 0.15) is 11.2 Å². The fourth-order valence-electron chi connectivity index (χ4n) is 11.8. The average Bonchev–Trinajstić information content (AvgIpc) is 4.02. The molecule has 342 valence electrons. The second-order valence-corrected chi connectivity index (χ2v) is 19.1. The Morgan fingerprint density at radius 3 is 1.45 bits per heavy atom. The molecule has 1 heterocycles. The molecule has 2 nitrogen and oxygen atoms in total. The summed E-state index contributed by atoms with van der Waals surface area (Å²) in [4.78, 5) is 2.41. The Labute approximate surface area is 425 Å². The molecule has 0 aliphatic heterocycles. The van der Waals surface area contributed by atoms with Crippen molar-refractivity contribution in [2.75, 3.05) is 4.90 Å². The highest BCUT2D eigenvalue weighted by atomic mass is 16.3. The Kier molecular flexibility index (Phi) is 10.1. The highest BCUT2D eigenvalue weighted by Gasteiger charge is 2.46. The molecule has 0 saturated carbocycles. The van der Waals surface area contributed by atoms with Crippen molar-refractivity contribution in [3.05, 3.63) is 307 Å². The van der Waals surface area contributed by atoms with Gasteiger partial charge in [0, 0.05) is 33.1 Å². The van der Waals surface area contributed by atoms with E-state index in [0.717, 1.165) is 50.1 Å². The molecular formula is C71H47NO. The van der Waals surface area contributed by atoms with E-state index in [2.05, 4.69) is 284 Å². The number of hydrogen-bond acceptors (Lipinski definition) is 2. The summed E-state index contributed by atoms with van der Waals surface area (Å²) in [6.07, 6.45) is 0. The van der Waals surface area contributed by atoms with Gasteiger partial charge in [-0.3, -0.25) is 0 Å². The maximum atomic E-state index is 6.52. The number of fused-ring (bicyclic) bond motifs is 7. The summed E-state index contributed by atoms with van der Waals surface area (Å²) in [5.74, 6) is 0. The SMILES string of the molecule is c1ccc(-c2ccc(N(c3ccc(-c4ccccc4)cc3)c3ccc(-c4ccc5c(c4)-c4ccccc4C5(c4ccccc4)c4ccc(-c5cccc6c5oc5ccccc56)cc4)c4ccccc34)cc2)cc1. The minimum absolute atomic E-state index is 0.547. The van der Waals surface area contributed by atoms with Crippen LogP contribution in [-0.2, 0) is 5.41 Å². The normalized spacial score (nSPS) is 13.8. The molecule has 73 heavy (non-hydrogen) atoms. The molecule has 1 aliphatic rings. The summed E-state index contributed by atoms with van der Waals surface area (Å²) in [6.45, 7) is 0. The Morgan fingerprint density at radius 1 is 0.274 bits per heavy atom. The Hall–Kier alpha value is -9.50. The maximum absolute atomic E-state index is 6.52. The van der Waals surface area contributed by atoms with Gasteiger partial charge in [0.15, 0.2) is 0 Å². The first-order valence-electron chi connectivity index (χ1n) is 25.2. The lowest BCUT2D eigenvalue weighted by Crippen LogP contribution is -2.28. The molecule has 0 bridgehead atoms. The zero-order valence-electron chi connectivity index (χ0n) is 40.0. The van der Waals surface area contributed by atoms with Crippen molar-refractivity contribution >= 4 is 49.8 Å². The summed E-state index contributed by atoms with van der Waals surface area (Å²) < 4.78 is 6.52. The molecule has 1 aliphatic carbocycles. The summed E-state index contributed by atoms with van der Waals surface area (Å²) in [5, 5.41) is 4.65. The third-order valence-electron chi connectivity index (χ3n) is 15.2. The number of furan rings is 1. The molecular weight excluding hydrogens is 883 g/mol. The van der Waals surface area contributed by atoms with E-state index in [0.29, 0.717) is 0 Å². The minimum atomic E-state index is -0.547. The van der Waals surface area contributed by atoms with Crippen LogP contribution in [-0.4, -0.2) is 0 Å². The number of para-hydroxylation sites is 2. The largest absolute Gasteiger partial charge is 0.455 e. The quantitative estimate of drug-likeness (QED) is 0.143. The fourth-order valence-corrected chi connectivity index (χ4v) is 11.8. The van der Waals surface area contributed by atoms with Crippen molar-refractivity contribution in [2.24, 2.45) is 0 Å². The lowest BCUT2D eigenvalue weighted by molar-refractivity contribution is 0.670. The Morgan fingerprint density at radius 2 is 0.767 bits per heavy atom. The van der Waals surface area contributed by atoms with Gasteiger partial charge in [-0.25, -0.2) is 0 Å². The van der Waals surface area contributed by atoms with E-state index in [1.165, 1.54) is 77.5 Å². The molecule has 0 N–H and O–H groups in total. The van der Waals surface area contributed by atoms with Crippen LogP contribution in [0.15, 0.2) is 290 Å². The van der Waals surface area contributed by atoms with Crippen molar-refractivity contribution in [3.63, 3.8) is 0 Å². The van der Waals surface area contributed by atoms with Gasteiger partial charge in [0.05, 0.1) is 11.1 Å². The van der Waals surface area contributed by atoms with E-state index in [9.17, 15) is 0 Å². The van der Waals surface area contributed by atoms with Gasteiger partial charge in [-0.2, -0.15) is 0 Å². The maximum Gasteiger partial charge on any atom is 0.143 e. The van der Waals surface area contributed by atoms with Gasteiger partial charge >= 0.3 is 0 Å². The smallest absolute Gasteiger partial charge is 0.143 e. The van der Waals surface area contributed by atoms with Gasteiger partial charge in [-0.05, 0) is 120 Å². The van der Waals surface area contributed by atoms with Gasteiger partial charge in [-0.1, -0.05) is 243 Å². The Balaban J connectivity index is 0.899. The second kappa shape index (κ2) is 17.4. The molecule has 1 aromatic heterocycles. The van der Waals surface area contributed by atoms with Crippen LogP contribution in [0.1, 0.15) is 22.3 Å². The van der Waals surface area contributed by atoms with Gasteiger partial charge in [0.2, 0.25) is 0 Å². The minimum Gasteiger partial charge on any atom is -0.455 e. The zero-order chi connectivity index (χ0) is 48.3. The van der Waals surface area contributed by atoms with Gasteiger partial charge < -0.3 is 9.32 Å². The first-order valence-corrected chi connectivity index (χ1v) is 25.2. The monoisotopic (exact) mass is 929 g/mol. The zero-order valence-corrected chi connectivity index (χ0v) is 40.0. The molecule has 2 heteroatoms.